The number of benzene rings is 1. The Labute approximate surface area is 113 Å². The predicted octanol–water partition coefficient (Wildman–Crippen LogP) is 1.91. The molecule has 0 aliphatic rings. The highest BCUT2D eigenvalue weighted by Crippen LogP contribution is 2.37. The van der Waals surface area contributed by atoms with E-state index in [4.69, 9.17) is 15.2 Å². The minimum Gasteiger partial charge on any atom is -0.493 e. The summed E-state index contributed by atoms with van der Waals surface area (Å²) in [7, 11) is 1.45. The third kappa shape index (κ3) is 3.22. The Morgan fingerprint density at radius 1 is 1.56 bits per heavy atom. The number of amides is 1. The fraction of sp³-hybridized carbons (Fsp3) is 0.333. The van der Waals surface area contributed by atoms with Crippen LogP contribution in [0, 0.1) is 0 Å². The Morgan fingerprint density at radius 3 is 2.67 bits per heavy atom. The number of carbonyl (C=O) groups excluding carboxylic acids is 2. The molecule has 1 rings (SSSR count). The predicted molar refractivity (Wildman–Crippen MR) is 70.0 cm³/mol. The van der Waals surface area contributed by atoms with Crippen LogP contribution in [0.4, 0.5) is 0 Å². The third-order valence-corrected chi connectivity index (χ3v) is 2.93. The van der Waals surface area contributed by atoms with Crippen LogP contribution in [0.3, 0.4) is 0 Å². The van der Waals surface area contributed by atoms with Crippen molar-refractivity contribution in [2.24, 2.45) is 5.73 Å². The number of carbonyl (C=O) groups is 2. The fourth-order valence-electron chi connectivity index (χ4n) is 1.41. The number of hydrogen-bond donors (Lipinski definition) is 1. The van der Waals surface area contributed by atoms with Crippen LogP contribution in [0.25, 0.3) is 0 Å². The Morgan fingerprint density at radius 2 is 2.22 bits per heavy atom. The molecular weight excluding hydrogens is 302 g/mol. The first-order valence-electron chi connectivity index (χ1n) is 5.32. The standard InChI is InChI=1S/C12H14BrNO4/c1-3-9(12(14)16)18-11-8(13)4-7(6-15)5-10(11)17-2/h4-6,9H,3H2,1-2H3,(H2,14,16). The number of methoxy groups -OCH3 is 1. The molecule has 1 amide bonds. The maximum absolute atomic E-state index is 11.2. The summed E-state index contributed by atoms with van der Waals surface area (Å²) in [6, 6.07) is 3.11. The smallest absolute Gasteiger partial charge is 0.258 e. The lowest BCUT2D eigenvalue weighted by Gasteiger charge is -2.18. The van der Waals surface area contributed by atoms with E-state index >= 15 is 0 Å². The van der Waals surface area contributed by atoms with E-state index in [1.807, 2.05) is 0 Å². The molecule has 5 nitrogen and oxygen atoms in total. The number of aldehydes is 1. The second-order valence-corrected chi connectivity index (χ2v) is 4.42. The number of hydrogen-bond acceptors (Lipinski definition) is 4. The van der Waals surface area contributed by atoms with Gasteiger partial charge in [0.25, 0.3) is 5.91 Å². The SMILES string of the molecule is CCC(Oc1c(Br)cc(C=O)cc1OC)C(N)=O. The van der Waals surface area contributed by atoms with E-state index in [0.717, 1.165) is 0 Å². The summed E-state index contributed by atoms with van der Waals surface area (Å²) >= 11 is 3.27. The molecule has 0 aromatic heterocycles. The molecule has 98 valence electrons. The molecule has 6 heteroatoms. The summed E-state index contributed by atoms with van der Waals surface area (Å²) in [5, 5.41) is 0. The van der Waals surface area contributed by atoms with E-state index in [2.05, 4.69) is 15.9 Å². The zero-order valence-corrected chi connectivity index (χ0v) is 11.7. The van der Waals surface area contributed by atoms with Crippen LogP contribution in [0.1, 0.15) is 23.7 Å². The first-order chi connectivity index (χ1) is 8.53. The van der Waals surface area contributed by atoms with Crippen molar-refractivity contribution in [2.75, 3.05) is 7.11 Å². The van der Waals surface area contributed by atoms with Crippen LogP contribution in [0.5, 0.6) is 11.5 Å². The van der Waals surface area contributed by atoms with Gasteiger partial charge in [0.05, 0.1) is 11.6 Å². The van der Waals surface area contributed by atoms with E-state index in [9.17, 15) is 9.59 Å². The van der Waals surface area contributed by atoms with Gasteiger partial charge in [-0.15, -0.1) is 0 Å². The summed E-state index contributed by atoms with van der Waals surface area (Å²) in [4.78, 5) is 21.9. The molecule has 0 spiro atoms. The van der Waals surface area contributed by atoms with Crippen molar-refractivity contribution in [3.8, 4) is 11.5 Å². The molecular formula is C12H14BrNO4. The number of halogens is 1. The van der Waals surface area contributed by atoms with Gasteiger partial charge in [0.15, 0.2) is 17.6 Å². The van der Waals surface area contributed by atoms with Crippen LogP contribution in [-0.2, 0) is 4.79 Å². The van der Waals surface area contributed by atoms with E-state index in [1.165, 1.54) is 13.2 Å². The first kappa shape index (κ1) is 14.5. The van der Waals surface area contributed by atoms with Crippen LogP contribution < -0.4 is 15.2 Å². The molecule has 0 radical (unpaired) electrons. The molecule has 0 bridgehead atoms. The molecule has 0 aliphatic carbocycles. The molecule has 1 unspecified atom stereocenters. The molecule has 0 saturated heterocycles. The van der Waals surface area contributed by atoms with Gasteiger partial charge in [-0.05, 0) is 34.5 Å². The van der Waals surface area contributed by atoms with Gasteiger partial charge in [0.2, 0.25) is 0 Å². The molecule has 0 saturated carbocycles. The average molecular weight is 316 g/mol. The number of rotatable bonds is 6. The van der Waals surface area contributed by atoms with Crippen LogP contribution in [0.2, 0.25) is 0 Å². The monoisotopic (exact) mass is 315 g/mol. The molecule has 0 heterocycles. The topological polar surface area (TPSA) is 78.6 Å². The number of primary amides is 1. The second kappa shape index (κ2) is 6.39. The largest absolute Gasteiger partial charge is 0.493 e. The minimum atomic E-state index is -0.739. The first-order valence-corrected chi connectivity index (χ1v) is 6.11. The van der Waals surface area contributed by atoms with Gasteiger partial charge in [-0.2, -0.15) is 0 Å². The van der Waals surface area contributed by atoms with Gasteiger partial charge in [0, 0.05) is 5.56 Å². The molecule has 1 atom stereocenters. The van der Waals surface area contributed by atoms with Crippen molar-refractivity contribution in [1.29, 1.82) is 0 Å². The van der Waals surface area contributed by atoms with E-state index in [1.54, 1.807) is 13.0 Å². The maximum atomic E-state index is 11.2. The Kier molecular flexibility index (Phi) is 5.15. The van der Waals surface area contributed by atoms with E-state index in [0.29, 0.717) is 34.2 Å². The number of ether oxygens (including phenoxy) is 2. The van der Waals surface area contributed by atoms with Gasteiger partial charge >= 0.3 is 0 Å². The summed E-state index contributed by atoms with van der Waals surface area (Å²) in [6.45, 7) is 1.79. The lowest BCUT2D eigenvalue weighted by molar-refractivity contribution is -0.124. The lowest BCUT2D eigenvalue weighted by Crippen LogP contribution is -2.33. The lowest BCUT2D eigenvalue weighted by atomic mass is 10.2. The van der Waals surface area contributed by atoms with Gasteiger partial charge in [-0.1, -0.05) is 6.92 Å². The highest BCUT2D eigenvalue weighted by Gasteiger charge is 2.19. The van der Waals surface area contributed by atoms with Crippen LogP contribution in [-0.4, -0.2) is 25.4 Å². The average Bonchev–Trinajstić information content (AvgIpc) is 2.35. The van der Waals surface area contributed by atoms with Crippen molar-refractivity contribution >= 4 is 28.1 Å². The highest BCUT2D eigenvalue weighted by molar-refractivity contribution is 9.10. The summed E-state index contributed by atoms with van der Waals surface area (Å²) in [6.07, 6.45) is 0.403. The maximum Gasteiger partial charge on any atom is 0.258 e. The summed E-state index contributed by atoms with van der Waals surface area (Å²) in [5.74, 6) is 0.172. The molecule has 1 aromatic carbocycles. The highest BCUT2D eigenvalue weighted by atomic mass is 79.9. The van der Waals surface area contributed by atoms with Gasteiger partial charge in [-0.3, -0.25) is 9.59 Å². The second-order valence-electron chi connectivity index (χ2n) is 3.57. The van der Waals surface area contributed by atoms with Crippen molar-refractivity contribution in [2.45, 2.75) is 19.4 Å². The molecule has 0 fully saturated rings. The van der Waals surface area contributed by atoms with Crippen molar-refractivity contribution in [3.63, 3.8) is 0 Å². The zero-order valence-electron chi connectivity index (χ0n) is 10.1. The fourth-order valence-corrected chi connectivity index (χ4v) is 1.96. The quantitative estimate of drug-likeness (QED) is 0.813. The van der Waals surface area contributed by atoms with E-state index in [-0.39, 0.29) is 0 Å². The van der Waals surface area contributed by atoms with Crippen molar-refractivity contribution < 1.29 is 19.1 Å². The molecule has 18 heavy (non-hydrogen) atoms. The minimum absolute atomic E-state index is 0.355. The normalized spacial score (nSPS) is 11.7. The Hall–Kier alpha value is -1.56. The number of nitrogens with two attached hydrogens (primary N) is 1. The van der Waals surface area contributed by atoms with Crippen LogP contribution in [0.15, 0.2) is 16.6 Å². The summed E-state index contributed by atoms with van der Waals surface area (Å²) < 4.78 is 11.2. The van der Waals surface area contributed by atoms with Crippen molar-refractivity contribution in [3.05, 3.63) is 22.2 Å². The Balaban J connectivity index is 3.14. The molecule has 0 aliphatic heterocycles. The Bertz CT molecular complexity index is 462. The van der Waals surface area contributed by atoms with Crippen LogP contribution >= 0.6 is 15.9 Å². The van der Waals surface area contributed by atoms with E-state index < -0.39 is 12.0 Å². The van der Waals surface area contributed by atoms with Gasteiger partial charge in [0.1, 0.15) is 6.29 Å². The molecule has 2 N–H and O–H groups in total. The third-order valence-electron chi connectivity index (χ3n) is 2.34. The molecule has 1 aromatic rings. The van der Waals surface area contributed by atoms with Crippen molar-refractivity contribution in [1.82, 2.24) is 0 Å². The zero-order chi connectivity index (χ0) is 13.7. The summed E-state index contributed by atoms with van der Waals surface area (Å²) in [5.41, 5.74) is 5.66. The van der Waals surface area contributed by atoms with Gasteiger partial charge < -0.3 is 15.2 Å². The van der Waals surface area contributed by atoms with Gasteiger partial charge in [-0.25, -0.2) is 0 Å².